The molecular formula is C18H20F2N2O. The van der Waals surface area contributed by atoms with E-state index < -0.39 is 11.6 Å². The molecule has 2 N–H and O–H groups in total. The van der Waals surface area contributed by atoms with Crippen LogP contribution in [0.1, 0.15) is 31.7 Å². The Morgan fingerprint density at radius 2 is 1.83 bits per heavy atom. The summed E-state index contributed by atoms with van der Waals surface area (Å²) in [4.78, 5) is 11.9. The maximum atomic E-state index is 13.1. The van der Waals surface area contributed by atoms with Crippen LogP contribution < -0.4 is 10.6 Å². The second-order valence-corrected chi connectivity index (χ2v) is 5.60. The fourth-order valence-corrected chi connectivity index (χ4v) is 2.27. The summed E-state index contributed by atoms with van der Waals surface area (Å²) in [5.74, 6) is -1.79. The van der Waals surface area contributed by atoms with Gasteiger partial charge in [0.15, 0.2) is 11.6 Å². The van der Waals surface area contributed by atoms with E-state index >= 15 is 0 Å². The van der Waals surface area contributed by atoms with Gasteiger partial charge in [-0.25, -0.2) is 8.78 Å². The van der Waals surface area contributed by atoms with Crippen molar-refractivity contribution in [2.75, 3.05) is 17.2 Å². The summed E-state index contributed by atoms with van der Waals surface area (Å²) in [6.07, 6.45) is 0.228. The van der Waals surface area contributed by atoms with Gasteiger partial charge in [0.2, 0.25) is 5.91 Å². The standard InChI is InChI=1S/C18H20F2N2O/c1-12(2)14-5-3-4-6-17(14)21-10-9-18(23)22-13-7-8-15(19)16(20)11-13/h3-8,11-12,21H,9-10H2,1-2H3,(H,22,23). The molecular weight excluding hydrogens is 298 g/mol. The first kappa shape index (κ1) is 16.9. The number of rotatable bonds is 6. The molecule has 0 aromatic heterocycles. The Kier molecular flexibility index (Phi) is 5.68. The molecule has 0 saturated heterocycles. The summed E-state index contributed by atoms with van der Waals surface area (Å²) in [5.41, 5.74) is 2.44. The van der Waals surface area contributed by atoms with E-state index in [0.29, 0.717) is 12.5 Å². The van der Waals surface area contributed by atoms with E-state index in [1.165, 1.54) is 11.6 Å². The third-order valence-electron chi connectivity index (χ3n) is 3.45. The van der Waals surface area contributed by atoms with Crippen molar-refractivity contribution in [3.05, 3.63) is 59.7 Å². The fraction of sp³-hybridized carbons (Fsp3) is 0.278. The molecule has 0 bridgehead atoms. The predicted octanol–water partition coefficient (Wildman–Crippen LogP) is 4.53. The molecule has 2 aromatic carbocycles. The summed E-state index contributed by atoms with van der Waals surface area (Å²) >= 11 is 0. The molecule has 0 aliphatic carbocycles. The van der Waals surface area contributed by atoms with Crippen LogP contribution in [-0.2, 0) is 4.79 Å². The van der Waals surface area contributed by atoms with E-state index in [0.717, 1.165) is 17.8 Å². The molecule has 0 radical (unpaired) electrons. The van der Waals surface area contributed by atoms with Crippen molar-refractivity contribution in [3.63, 3.8) is 0 Å². The summed E-state index contributed by atoms with van der Waals surface area (Å²) in [7, 11) is 0. The largest absolute Gasteiger partial charge is 0.384 e. The van der Waals surface area contributed by atoms with Gasteiger partial charge in [-0.15, -0.1) is 0 Å². The molecule has 2 rings (SSSR count). The zero-order chi connectivity index (χ0) is 16.8. The Morgan fingerprint density at radius 1 is 1.09 bits per heavy atom. The summed E-state index contributed by atoms with van der Waals surface area (Å²) < 4.78 is 25.9. The zero-order valence-corrected chi connectivity index (χ0v) is 13.2. The van der Waals surface area contributed by atoms with Gasteiger partial charge >= 0.3 is 0 Å². The first-order valence-corrected chi connectivity index (χ1v) is 7.55. The molecule has 2 aromatic rings. The minimum atomic E-state index is -0.980. The molecule has 0 saturated carbocycles. The van der Waals surface area contributed by atoms with Crippen LogP contribution >= 0.6 is 0 Å². The van der Waals surface area contributed by atoms with E-state index in [-0.39, 0.29) is 18.0 Å². The maximum Gasteiger partial charge on any atom is 0.226 e. The minimum absolute atomic E-state index is 0.228. The van der Waals surface area contributed by atoms with Crippen LogP contribution in [0.4, 0.5) is 20.2 Å². The van der Waals surface area contributed by atoms with Crippen LogP contribution in [0.2, 0.25) is 0 Å². The van der Waals surface area contributed by atoms with Gasteiger partial charge < -0.3 is 10.6 Å². The smallest absolute Gasteiger partial charge is 0.226 e. The van der Waals surface area contributed by atoms with Crippen molar-refractivity contribution >= 4 is 17.3 Å². The van der Waals surface area contributed by atoms with Gasteiger partial charge in [0.25, 0.3) is 0 Å². The van der Waals surface area contributed by atoms with Crippen molar-refractivity contribution in [2.45, 2.75) is 26.2 Å². The summed E-state index contributed by atoms with van der Waals surface area (Å²) in [5, 5.41) is 5.78. The van der Waals surface area contributed by atoms with Crippen molar-refractivity contribution in [2.24, 2.45) is 0 Å². The molecule has 0 spiro atoms. The molecule has 0 aliphatic heterocycles. The quantitative estimate of drug-likeness (QED) is 0.821. The number of para-hydroxylation sites is 1. The van der Waals surface area contributed by atoms with Gasteiger partial charge in [0.1, 0.15) is 0 Å². The van der Waals surface area contributed by atoms with Gasteiger partial charge in [-0.05, 0) is 29.7 Å². The number of halogens is 2. The number of hydrogen-bond acceptors (Lipinski definition) is 2. The van der Waals surface area contributed by atoms with Crippen molar-refractivity contribution in [1.82, 2.24) is 0 Å². The fourth-order valence-electron chi connectivity index (χ4n) is 2.27. The SMILES string of the molecule is CC(C)c1ccccc1NCCC(=O)Nc1ccc(F)c(F)c1. The van der Waals surface area contributed by atoms with Crippen molar-refractivity contribution in [1.29, 1.82) is 0 Å². The second kappa shape index (κ2) is 7.72. The van der Waals surface area contributed by atoms with E-state index in [1.807, 2.05) is 24.3 Å². The summed E-state index contributed by atoms with van der Waals surface area (Å²) in [6.45, 7) is 4.67. The van der Waals surface area contributed by atoms with Crippen molar-refractivity contribution < 1.29 is 13.6 Å². The highest BCUT2D eigenvalue weighted by Gasteiger charge is 2.08. The number of nitrogens with one attached hydrogen (secondary N) is 2. The van der Waals surface area contributed by atoms with E-state index in [4.69, 9.17) is 0 Å². The number of hydrogen-bond donors (Lipinski definition) is 2. The van der Waals surface area contributed by atoms with E-state index in [1.54, 1.807) is 0 Å². The highest BCUT2D eigenvalue weighted by atomic mass is 19.2. The monoisotopic (exact) mass is 318 g/mol. The molecule has 0 unspecified atom stereocenters. The first-order valence-electron chi connectivity index (χ1n) is 7.55. The van der Waals surface area contributed by atoms with Crippen LogP contribution in [0.5, 0.6) is 0 Å². The molecule has 0 heterocycles. The average Bonchev–Trinajstić information content (AvgIpc) is 2.51. The molecule has 0 aliphatic rings. The van der Waals surface area contributed by atoms with Gasteiger partial charge in [-0.3, -0.25) is 4.79 Å². The molecule has 0 fully saturated rings. The topological polar surface area (TPSA) is 41.1 Å². The van der Waals surface area contributed by atoms with E-state index in [2.05, 4.69) is 24.5 Å². The Morgan fingerprint density at radius 3 is 2.52 bits per heavy atom. The van der Waals surface area contributed by atoms with Crippen LogP contribution in [0, 0.1) is 11.6 Å². The molecule has 0 atom stereocenters. The Bertz CT molecular complexity index is 686. The van der Waals surface area contributed by atoms with Crippen LogP contribution in [0.15, 0.2) is 42.5 Å². The number of amides is 1. The maximum absolute atomic E-state index is 13.1. The van der Waals surface area contributed by atoms with Gasteiger partial charge in [-0.1, -0.05) is 32.0 Å². The number of carbonyl (C=O) groups is 1. The van der Waals surface area contributed by atoms with Crippen LogP contribution in [0.25, 0.3) is 0 Å². The lowest BCUT2D eigenvalue weighted by Gasteiger charge is -2.14. The number of anilines is 2. The zero-order valence-electron chi connectivity index (χ0n) is 13.2. The molecule has 23 heavy (non-hydrogen) atoms. The number of benzene rings is 2. The van der Waals surface area contributed by atoms with Crippen molar-refractivity contribution in [3.8, 4) is 0 Å². The lowest BCUT2D eigenvalue weighted by Crippen LogP contribution is -2.17. The lowest BCUT2D eigenvalue weighted by atomic mass is 10.0. The highest BCUT2D eigenvalue weighted by molar-refractivity contribution is 5.91. The minimum Gasteiger partial charge on any atom is -0.384 e. The first-order chi connectivity index (χ1) is 11.0. The molecule has 3 nitrogen and oxygen atoms in total. The van der Waals surface area contributed by atoms with Gasteiger partial charge in [-0.2, -0.15) is 0 Å². The third-order valence-corrected chi connectivity index (χ3v) is 3.45. The van der Waals surface area contributed by atoms with Gasteiger partial charge in [0.05, 0.1) is 0 Å². The van der Waals surface area contributed by atoms with Gasteiger partial charge in [0, 0.05) is 30.4 Å². The highest BCUT2D eigenvalue weighted by Crippen LogP contribution is 2.23. The average molecular weight is 318 g/mol. The second-order valence-electron chi connectivity index (χ2n) is 5.60. The van der Waals surface area contributed by atoms with Crippen LogP contribution in [0.3, 0.4) is 0 Å². The normalized spacial score (nSPS) is 10.7. The molecule has 122 valence electrons. The Hall–Kier alpha value is -2.43. The Balaban J connectivity index is 1.86. The Labute approximate surface area is 134 Å². The molecule has 1 amide bonds. The summed E-state index contributed by atoms with van der Waals surface area (Å²) in [6, 6.07) is 11.2. The molecule has 5 heteroatoms. The number of carbonyl (C=O) groups excluding carboxylic acids is 1. The lowest BCUT2D eigenvalue weighted by molar-refractivity contribution is -0.115. The third kappa shape index (κ3) is 4.77. The van der Waals surface area contributed by atoms with Crippen LogP contribution in [-0.4, -0.2) is 12.5 Å². The van der Waals surface area contributed by atoms with E-state index in [9.17, 15) is 13.6 Å². The predicted molar refractivity (Wildman–Crippen MR) is 88.6 cm³/mol.